The number of hydrogen-bond acceptors (Lipinski definition) is 6. The zero-order valence-corrected chi connectivity index (χ0v) is 14.9. The van der Waals surface area contributed by atoms with Gasteiger partial charge in [-0.25, -0.2) is 9.67 Å². The van der Waals surface area contributed by atoms with Gasteiger partial charge in [-0.15, -0.1) is 0 Å². The van der Waals surface area contributed by atoms with Crippen LogP contribution in [0.3, 0.4) is 0 Å². The van der Waals surface area contributed by atoms with Crippen molar-refractivity contribution in [3.63, 3.8) is 0 Å². The van der Waals surface area contributed by atoms with E-state index in [9.17, 15) is 0 Å². The summed E-state index contributed by atoms with van der Waals surface area (Å²) in [4.78, 5) is 8.67. The Hall–Kier alpha value is -2.54. The fourth-order valence-corrected chi connectivity index (χ4v) is 3.66. The lowest BCUT2D eigenvalue weighted by Crippen LogP contribution is -2.31. The van der Waals surface area contributed by atoms with E-state index in [0.717, 1.165) is 29.8 Å². The second-order valence-corrected chi connectivity index (χ2v) is 7.74. The Bertz CT molecular complexity index is 898. The SMILES string of the molecule is Cc1cc(-c2noc(C3(C)CNC(C)(C)C3)n2)ccc1-n1cncn1. The van der Waals surface area contributed by atoms with Crippen LogP contribution in [0.15, 0.2) is 35.4 Å². The molecule has 4 rings (SSSR count). The monoisotopic (exact) mass is 338 g/mol. The van der Waals surface area contributed by atoms with E-state index >= 15 is 0 Å². The highest BCUT2D eigenvalue weighted by Crippen LogP contribution is 2.37. The molecule has 0 spiro atoms. The summed E-state index contributed by atoms with van der Waals surface area (Å²) in [6, 6.07) is 6.03. The molecule has 1 aliphatic rings. The van der Waals surface area contributed by atoms with Crippen LogP contribution in [-0.2, 0) is 5.41 Å². The first-order valence-corrected chi connectivity index (χ1v) is 8.42. The van der Waals surface area contributed by atoms with E-state index in [-0.39, 0.29) is 11.0 Å². The number of nitrogens with one attached hydrogen (secondary N) is 1. The first kappa shape index (κ1) is 16.0. The molecule has 25 heavy (non-hydrogen) atoms. The van der Waals surface area contributed by atoms with Crippen LogP contribution >= 0.6 is 0 Å². The average molecular weight is 338 g/mol. The molecule has 1 fully saturated rings. The Morgan fingerprint density at radius 3 is 2.72 bits per heavy atom. The Balaban J connectivity index is 1.64. The highest BCUT2D eigenvalue weighted by molar-refractivity contribution is 5.59. The van der Waals surface area contributed by atoms with Gasteiger partial charge in [0.05, 0.1) is 11.1 Å². The highest BCUT2D eigenvalue weighted by atomic mass is 16.5. The molecule has 0 aliphatic carbocycles. The van der Waals surface area contributed by atoms with E-state index in [1.807, 2.05) is 25.1 Å². The lowest BCUT2D eigenvalue weighted by Gasteiger charge is -2.20. The highest BCUT2D eigenvalue weighted by Gasteiger charge is 2.44. The molecule has 7 heteroatoms. The molecule has 2 aromatic heterocycles. The molecule has 1 aliphatic heterocycles. The molecule has 0 amide bonds. The minimum absolute atomic E-state index is 0.0828. The van der Waals surface area contributed by atoms with Crippen molar-refractivity contribution in [2.75, 3.05) is 6.54 Å². The van der Waals surface area contributed by atoms with Crippen LogP contribution in [0.1, 0.15) is 38.6 Å². The third kappa shape index (κ3) is 2.84. The van der Waals surface area contributed by atoms with E-state index in [0.29, 0.717) is 11.7 Å². The maximum absolute atomic E-state index is 5.61. The summed E-state index contributed by atoms with van der Waals surface area (Å²) in [7, 11) is 0. The third-order valence-corrected chi connectivity index (χ3v) is 4.85. The van der Waals surface area contributed by atoms with E-state index < -0.39 is 0 Å². The van der Waals surface area contributed by atoms with Crippen molar-refractivity contribution in [2.24, 2.45) is 0 Å². The predicted molar refractivity (Wildman–Crippen MR) is 93.4 cm³/mol. The lowest BCUT2D eigenvalue weighted by molar-refractivity contribution is 0.297. The van der Waals surface area contributed by atoms with Gasteiger partial charge in [0, 0.05) is 17.6 Å². The molecule has 0 radical (unpaired) electrons. The molecule has 130 valence electrons. The quantitative estimate of drug-likeness (QED) is 0.791. The van der Waals surface area contributed by atoms with Crippen LogP contribution in [0, 0.1) is 6.92 Å². The number of benzene rings is 1. The summed E-state index contributed by atoms with van der Waals surface area (Å²) in [6.07, 6.45) is 4.17. The van der Waals surface area contributed by atoms with Crippen LogP contribution < -0.4 is 5.32 Å². The van der Waals surface area contributed by atoms with Crippen molar-refractivity contribution < 1.29 is 4.52 Å². The minimum atomic E-state index is -0.134. The van der Waals surface area contributed by atoms with Crippen LogP contribution in [0.4, 0.5) is 0 Å². The molecule has 1 atom stereocenters. The first-order chi connectivity index (χ1) is 11.9. The zero-order chi connectivity index (χ0) is 17.7. The number of nitrogens with zero attached hydrogens (tertiary/aromatic N) is 5. The molecule has 0 bridgehead atoms. The van der Waals surface area contributed by atoms with Crippen LogP contribution in [0.5, 0.6) is 0 Å². The molecule has 3 aromatic rings. The summed E-state index contributed by atoms with van der Waals surface area (Å²) in [6.45, 7) is 9.44. The van der Waals surface area contributed by atoms with Crippen molar-refractivity contribution in [3.8, 4) is 17.1 Å². The van der Waals surface area contributed by atoms with Crippen LogP contribution in [0.2, 0.25) is 0 Å². The van der Waals surface area contributed by atoms with E-state index in [4.69, 9.17) is 4.52 Å². The van der Waals surface area contributed by atoms with Gasteiger partial charge in [-0.1, -0.05) is 5.16 Å². The summed E-state index contributed by atoms with van der Waals surface area (Å²) in [5, 5.41) is 11.9. The van der Waals surface area contributed by atoms with Gasteiger partial charge >= 0.3 is 0 Å². The largest absolute Gasteiger partial charge is 0.338 e. The van der Waals surface area contributed by atoms with Gasteiger partial charge < -0.3 is 9.84 Å². The van der Waals surface area contributed by atoms with Crippen molar-refractivity contribution in [2.45, 2.75) is 45.1 Å². The maximum atomic E-state index is 5.61. The summed E-state index contributed by atoms with van der Waals surface area (Å²) < 4.78 is 7.36. The van der Waals surface area contributed by atoms with Gasteiger partial charge in [0.25, 0.3) is 0 Å². The molecule has 1 unspecified atom stereocenters. The third-order valence-electron chi connectivity index (χ3n) is 4.85. The van der Waals surface area contributed by atoms with E-state index in [2.05, 4.69) is 46.3 Å². The molecule has 7 nitrogen and oxygen atoms in total. The molecule has 1 N–H and O–H groups in total. The van der Waals surface area contributed by atoms with Gasteiger partial charge in [0.2, 0.25) is 11.7 Å². The second kappa shape index (κ2) is 5.49. The van der Waals surface area contributed by atoms with Crippen molar-refractivity contribution in [3.05, 3.63) is 42.3 Å². The fourth-order valence-electron chi connectivity index (χ4n) is 3.66. The molecular formula is C18H22N6O. The molecule has 3 heterocycles. The smallest absolute Gasteiger partial charge is 0.234 e. The van der Waals surface area contributed by atoms with Crippen LogP contribution in [-0.4, -0.2) is 37.0 Å². The zero-order valence-electron chi connectivity index (χ0n) is 14.9. The molecule has 0 saturated carbocycles. The fraction of sp³-hybridized carbons (Fsp3) is 0.444. The van der Waals surface area contributed by atoms with Gasteiger partial charge in [-0.05, 0) is 57.9 Å². The van der Waals surface area contributed by atoms with Crippen LogP contribution in [0.25, 0.3) is 17.1 Å². The Labute approximate surface area is 146 Å². The summed E-state index contributed by atoms with van der Waals surface area (Å²) in [5.74, 6) is 1.31. The lowest BCUT2D eigenvalue weighted by atomic mass is 9.84. The standard InChI is InChI=1S/C18H22N6O/c1-12-7-13(5-6-14(12)24-11-19-10-21-24)15-22-16(25-23-15)18(4)8-17(2,3)20-9-18/h5-7,10-11,20H,8-9H2,1-4H3. The van der Waals surface area contributed by atoms with Gasteiger partial charge in [0.1, 0.15) is 12.7 Å². The van der Waals surface area contributed by atoms with Crippen molar-refractivity contribution in [1.29, 1.82) is 0 Å². The molecular weight excluding hydrogens is 316 g/mol. The van der Waals surface area contributed by atoms with Crippen molar-refractivity contribution >= 4 is 0 Å². The normalized spacial score (nSPS) is 22.4. The first-order valence-electron chi connectivity index (χ1n) is 8.42. The number of aryl methyl sites for hydroxylation is 1. The Kier molecular flexibility index (Phi) is 3.50. The molecule has 1 aromatic carbocycles. The predicted octanol–water partition coefficient (Wildman–Crippen LogP) is 2.66. The van der Waals surface area contributed by atoms with Gasteiger partial charge in [-0.3, -0.25) is 0 Å². The second-order valence-electron chi connectivity index (χ2n) is 7.74. The number of rotatable bonds is 3. The van der Waals surface area contributed by atoms with Crippen molar-refractivity contribution in [1.82, 2.24) is 30.2 Å². The summed E-state index contributed by atoms with van der Waals surface area (Å²) in [5.41, 5.74) is 2.94. The Morgan fingerprint density at radius 1 is 1.24 bits per heavy atom. The maximum Gasteiger partial charge on any atom is 0.234 e. The van der Waals surface area contributed by atoms with Gasteiger partial charge in [0.15, 0.2) is 0 Å². The van der Waals surface area contributed by atoms with Gasteiger partial charge in [-0.2, -0.15) is 10.1 Å². The topological polar surface area (TPSA) is 81.7 Å². The van der Waals surface area contributed by atoms with E-state index in [1.54, 1.807) is 11.0 Å². The molecule has 1 saturated heterocycles. The average Bonchev–Trinajstić information content (AvgIpc) is 3.28. The Morgan fingerprint density at radius 2 is 2.08 bits per heavy atom. The van der Waals surface area contributed by atoms with E-state index in [1.165, 1.54) is 6.33 Å². The number of aromatic nitrogens is 5. The number of hydrogen-bond donors (Lipinski definition) is 1. The minimum Gasteiger partial charge on any atom is -0.338 e. The summed E-state index contributed by atoms with van der Waals surface area (Å²) >= 11 is 0.